The minimum absolute atomic E-state index is 0.226. The van der Waals surface area contributed by atoms with Crippen molar-refractivity contribution in [1.29, 1.82) is 0 Å². The fourth-order valence-electron chi connectivity index (χ4n) is 2.78. The number of hydrogen-bond acceptors (Lipinski definition) is 5. The Balaban J connectivity index is 1.71. The van der Waals surface area contributed by atoms with Gasteiger partial charge in [0.25, 0.3) is 5.91 Å². The van der Waals surface area contributed by atoms with E-state index in [9.17, 15) is 13.8 Å². The monoisotopic (exact) mass is 393 g/mol. The first-order valence-electron chi connectivity index (χ1n) is 8.32. The summed E-state index contributed by atoms with van der Waals surface area (Å²) in [6.45, 7) is 0. The summed E-state index contributed by atoms with van der Waals surface area (Å²) in [7, 11) is -2.87. The minimum Gasteiger partial charge on any atom is -0.408 e. The molecule has 2 aromatic carbocycles. The molecule has 0 fully saturated rings. The number of benzene rings is 2. The van der Waals surface area contributed by atoms with Gasteiger partial charge in [-0.1, -0.05) is 24.3 Å². The molecule has 1 atom stereocenters. The average molecular weight is 393 g/mol. The highest BCUT2D eigenvalue weighted by Crippen LogP contribution is 2.24. The fourth-order valence-corrected chi connectivity index (χ4v) is 3.97. The van der Waals surface area contributed by atoms with Crippen LogP contribution in [0.3, 0.4) is 0 Å². The standard InChI is InChI=1S/C20H15N3O4S/c1-28(26,16-5-3-2-4-6-16)23-19(24)15-9-14(11-21-12-15)13-7-8-18-17(10-13)22-20(25)27-18/h2-12H,1H3,(H,22,25). The van der Waals surface area contributed by atoms with E-state index in [2.05, 4.69) is 14.3 Å². The van der Waals surface area contributed by atoms with Gasteiger partial charge in [-0.05, 0) is 35.9 Å². The third kappa shape index (κ3) is 3.49. The number of hydrogen-bond donors (Lipinski definition) is 1. The Morgan fingerprint density at radius 2 is 1.86 bits per heavy atom. The molecule has 0 radical (unpaired) electrons. The topological polar surface area (TPSA) is 105 Å². The Morgan fingerprint density at radius 1 is 1.07 bits per heavy atom. The quantitative estimate of drug-likeness (QED) is 0.574. The molecule has 4 aromatic rings. The summed E-state index contributed by atoms with van der Waals surface area (Å²) in [5.74, 6) is -1.14. The molecule has 8 heteroatoms. The zero-order valence-corrected chi connectivity index (χ0v) is 15.6. The first kappa shape index (κ1) is 17.9. The van der Waals surface area contributed by atoms with Gasteiger partial charge < -0.3 is 4.42 Å². The normalized spacial score (nSPS) is 13.2. The molecular formula is C20H15N3O4S. The van der Waals surface area contributed by atoms with Crippen molar-refractivity contribution in [3.05, 3.63) is 83.1 Å². The molecule has 28 heavy (non-hydrogen) atoms. The van der Waals surface area contributed by atoms with Crippen molar-refractivity contribution in [2.24, 2.45) is 4.36 Å². The molecule has 4 rings (SSSR count). The highest BCUT2D eigenvalue weighted by molar-refractivity contribution is 7.93. The first-order chi connectivity index (χ1) is 13.4. The van der Waals surface area contributed by atoms with E-state index in [0.717, 1.165) is 5.56 Å². The lowest BCUT2D eigenvalue weighted by molar-refractivity contribution is 0.100. The van der Waals surface area contributed by atoms with Gasteiger partial charge in [-0.15, -0.1) is 0 Å². The van der Waals surface area contributed by atoms with Crippen molar-refractivity contribution in [1.82, 2.24) is 9.97 Å². The highest BCUT2D eigenvalue weighted by atomic mass is 32.2. The van der Waals surface area contributed by atoms with Crippen LogP contribution < -0.4 is 5.76 Å². The van der Waals surface area contributed by atoms with Crippen LogP contribution in [-0.4, -0.2) is 26.3 Å². The number of oxazole rings is 1. The minimum atomic E-state index is -2.87. The Morgan fingerprint density at radius 3 is 2.64 bits per heavy atom. The van der Waals surface area contributed by atoms with Gasteiger partial charge in [0, 0.05) is 29.1 Å². The second-order valence-electron chi connectivity index (χ2n) is 6.20. The lowest BCUT2D eigenvalue weighted by Crippen LogP contribution is -2.04. The molecule has 2 heterocycles. The number of nitrogens with one attached hydrogen (secondary N) is 1. The van der Waals surface area contributed by atoms with E-state index in [4.69, 9.17) is 4.42 Å². The van der Waals surface area contributed by atoms with Crippen molar-refractivity contribution >= 4 is 26.7 Å². The van der Waals surface area contributed by atoms with Crippen LogP contribution in [0.1, 0.15) is 10.4 Å². The highest BCUT2D eigenvalue weighted by Gasteiger charge is 2.13. The molecule has 1 unspecified atom stereocenters. The largest absolute Gasteiger partial charge is 0.417 e. The molecule has 0 saturated heterocycles. The number of nitrogens with zero attached hydrogens (tertiary/aromatic N) is 2. The first-order valence-corrected chi connectivity index (χ1v) is 10.2. The van der Waals surface area contributed by atoms with Crippen molar-refractivity contribution in [2.45, 2.75) is 4.90 Å². The molecule has 0 aliphatic heterocycles. The summed E-state index contributed by atoms with van der Waals surface area (Å²) < 4.78 is 21.7. The number of rotatable bonds is 3. The molecule has 7 nitrogen and oxygen atoms in total. The van der Waals surface area contributed by atoms with Crippen LogP contribution in [0, 0.1) is 0 Å². The van der Waals surface area contributed by atoms with E-state index in [-0.39, 0.29) is 5.56 Å². The molecule has 2 aromatic heterocycles. The molecule has 140 valence electrons. The maximum absolute atomic E-state index is 12.8. The molecule has 1 amide bonds. The van der Waals surface area contributed by atoms with Gasteiger partial charge in [0.1, 0.15) is 0 Å². The third-order valence-electron chi connectivity index (χ3n) is 4.18. The van der Waals surface area contributed by atoms with Gasteiger partial charge in [0.2, 0.25) is 0 Å². The maximum Gasteiger partial charge on any atom is 0.417 e. The predicted molar refractivity (Wildman–Crippen MR) is 106 cm³/mol. The number of carbonyl (C=O) groups is 1. The SMILES string of the molecule is CS(=O)(=NC(=O)c1cncc(-c2ccc3oc(=O)[nH]c3c2)c1)c1ccccc1. The number of H-pyrrole nitrogens is 1. The Labute approximate surface area is 160 Å². The molecule has 0 spiro atoms. The zero-order valence-electron chi connectivity index (χ0n) is 14.8. The lowest BCUT2D eigenvalue weighted by Gasteiger charge is -2.05. The van der Waals surface area contributed by atoms with Crippen molar-refractivity contribution in [2.75, 3.05) is 6.26 Å². The van der Waals surface area contributed by atoms with E-state index in [0.29, 0.717) is 21.6 Å². The number of aromatic amines is 1. The van der Waals surface area contributed by atoms with Crippen LogP contribution in [0.2, 0.25) is 0 Å². The summed E-state index contributed by atoms with van der Waals surface area (Å²) in [5, 5.41) is 0. The Hall–Kier alpha value is -3.52. The summed E-state index contributed by atoms with van der Waals surface area (Å²) in [6, 6.07) is 15.4. The van der Waals surface area contributed by atoms with Crippen molar-refractivity contribution < 1.29 is 13.4 Å². The Bertz CT molecular complexity index is 1360. The predicted octanol–water partition coefficient (Wildman–Crippen LogP) is 3.48. The number of pyridine rings is 1. The van der Waals surface area contributed by atoms with Crippen molar-refractivity contribution in [3.63, 3.8) is 0 Å². The van der Waals surface area contributed by atoms with E-state index in [1.807, 2.05) is 0 Å². The second kappa shape index (κ2) is 6.90. The van der Waals surface area contributed by atoms with Crippen molar-refractivity contribution in [3.8, 4) is 11.1 Å². The van der Waals surface area contributed by atoms with E-state index >= 15 is 0 Å². The number of fused-ring (bicyclic) bond motifs is 1. The van der Waals surface area contributed by atoms with Gasteiger partial charge in [-0.2, -0.15) is 4.36 Å². The molecular weight excluding hydrogens is 378 g/mol. The second-order valence-corrected chi connectivity index (χ2v) is 8.46. The summed E-state index contributed by atoms with van der Waals surface area (Å²) in [6.07, 6.45) is 4.41. The summed E-state index contributed by atoms with van der Waals surface area (Å²) in [4.78, 5) is 31.1. The number of aromatic nitrogens is 2. The van der Waals surface area contributed by atoms with Crippen LogP contribution in [0.5, 0.6) is 0 Å². The molecule has 0 bridgehead atoms. The molecule has 0 saturated carbocycles. The van der Waals surface area contributed by atoms with Gasteiger partial charge in [-0.25, -0.2) is 9.00 Å². The fraction of sp³-hybridized carbons (Fsp3) is 0.0500. The lowest BCUT2D eigenvalue weighted by atomic mass is 10.1. The molecule has 0 aliphatic rings. The van der Waals surface area contributed by atoms with Crippen LogP contribution in [0.4, 0.5) is 0 Å². The zero-order chi connectivity index (χ0) is 19.7. The molecule has 0 aliphatic carbocycles. The van der Waals surface area contributed by atoms with E-state index in [1.54, 1.807) is 60.8 Å². The Kier molecular flexibility index (Phi) is 4.40. The van der Waals surface area contributed by atoms with Gasteiger partial charge in [0.05, 0.1) is 20.8 Å². The van der Waals surface area contributed by atoms with Gasteiger partial charge >= 0.3 is 5.76 Å². The van der Waals surface area contributed by atoms with Crippen LogP contribution >= 0.6 is 0 Å². The summed E-state index contributed by atoms with van der Waals surface area (Å²) >= 11 is 0. The van der Waals surface area contributed by atoms with Gasteiger partial charge in [0.15, 0.2) is 5.58 Å². The number of carbonyl (C=O) groups excluding carboxylic acids is 1. The smallest absolute Gasteiger partial charge is 0.408 e. The van der Waals surface area contributed by atoms with Gasteiger partial charge in [-0.3, -0.25) is 14.8 Å². The van der Waals surface area contributed by atoms with Crippen LogP contribution in [0.15, 0.2) is 85.5 Å². The van der Waals surface area contributed by atoms with Crippen LogP contribution in [-0.2, 0) is 9.73 Å². The van der Waals surface area contributed by atoms with Crippen LogP contribution in [0.25, 0.3) is 22.2 Å². The van der Waals surface area contributed by atoms with E-state index < -0.39 is 21.4 Å². The third-order valence-corrected chi connectivity index (χ3v) is 5.84. The maximum atomic E-state index is 12.8. The average Bonchev–Trinajstić information content (AvgIpc) is 3.07. The number of amides is 1. The summed E-state index contributed by atoms with van der Waals surface area (Å²) in [5.41, 5.74) is 2.62. The van der Waals surface area contributed by atoms with E-state index in [1.165, 1.54) is 12.5 Å². The molecule has 1 N–H and O–H groups in total.